The summed E-state index contributed by atoms with van der Waals surface area (Å²) in [6.45, 7) is 2.99. The van der Waals surface area contributed by atoms with Gasteiger partial charge in [-0.15, -0.1) is 0 Å². The Kier molecular flexibility index (Phi) is 8.69. The molecule has 7 nitrogen and oxygen atoms in total. The van der Waals surface area contributed by atoms with Gasteiger partial charge in [-0.05, 0) is 71.6 Å². The zero-order valence-corrected chi connectivity index (χ0v) is 24.8. The number of aliphatic hydroxyl groups is 1. The molecule has 0 bridgehead atoms. The number of ketones is 1. The van der Waals surface area contributed by atoms with E-state index in [1.807, 2.05) is 85.8 Å². The summed E-state index contributed by atoms with van der Waals surface area (Å²) < 4.78 is 11.9. The summed E-state index contributed by atoms with van der Waals surface area (Å²) in [6.07, 6.45) is 3.31. The summed E-state index contributed by atoms with van der Waals surface area (Å²) in [5, 5.41) is 11.5. The normalized spacial score (nSPS) is 15.7. The predicted octanol–water partition coefficient (Wildman–Crippen LogP) is 7.17. The lowest BCUT2D eigenvalue weighted by molar-refractivity contribution is -0.140. The van der Waals surface area contributed by atoms with Gasteiger partial charge >= 0.3 is 0 Å². The number of carbonyl (C=O) groups is 2. The molecule has 0 unspecified atom stereocenters. The highest BCUT2D eigenvalue weighted by molar-refractivity contribution is 6.46. The lowest BCUT2D eigenvalue weighted by Gasteiger charge is -2.25. The molecule has 7 heteroatoms. The number of aromatic nitrogens is 1. The molecular weight excluding hydrogens is 564 g/mol. The van der Waals surface area contributed by atoms with Crippen LogP contribution in [-0.4, -0.2) is 26.7 Å². The van der Waals surface area contributed by atoms with Crippen molar-refractivity contribution >= 4 is 17.4 Å². The van der Waals surface area contributed by atoms with Crippen molar-refractivity contribution < 1.29 is 24.2 Å². The monoisotopic (exact) mass is 596 g/mol. The molecule has 1 atom stereocenters. The number of rotatable bonds is 10. The number of aliphatic hydroxyl groups excluding tert-OH is 1. The van der Waals surface area contributed by atoms with Gasteiger partial charge in [0.25, 0.3) is 11.7 Å². The fraction of sp³-hybridized carbons (Fsp3) is 0.132. The highest BCUT2D eigenvalue weighted by atomic mass is 16.5. The largest absolute Gasteiger partial charge is 0.507 e. The van der Waals surface area contributed by atoms with Crippen LogP contribution in [0, 0.1) is 6.92 Å². The second kappa shape index (κ2) is 13.3. The van der Waals surface area contributed by atoms with Crippen LogP contribution >= 0.6 is 0 Å². The SMILES string of the molecule is Cc1cccc(COc2ccc(C(O)=C3C(=O)C(=O)N(Cc4cccnc4)[C@@H]3c3ccc(OCc4ccccc4)cc3)cc2)c1. The number of ether oxygens (including phenoxy) is 2. The first kappa shape index (κ1) is 29.4. The van der Waals surface area contributed by atoms with Gasteiger partial charge in [0.2, 0.25) is 0 Å². The molecular formula is C38H32N2O5. The molecule has 1 amide bonds. The molecule has 1 saturated heterocycles. The highest BCUT2D eigenvalue weighted by Gasteiger charge is 2.46. The van der Waals surface area contributed by atoms with Gasteiger partial charge in [0.1, 0.15) is 30.5 Å². The number of nitrogens with zero attached hydrogens (tertiary/aromatic N) is 2. The number of aryl methyl sites for hydroxylation is 1. The van der Waals surface area contributed by atoms with E-state index < -0.39 is 17.7 Å². The molecule has 4 aromatic carbocycles. The number of hydrogen-bond acceptors (Lipinski definition) is 6. The molecule has 0 saturated carbocycles. The number of Topliss-reactive ketones (excluding diaryl/α,β-unsaturated/α-hetero) is 1. The minimum atomic E-state index is -0.814. The van der Waals surface area contributed by atoms with E-state index in [1.165, 1.54) is 4.90 Å². The zero-order chi connectivity index (χ0) is 31.2. The second-order valence-corrected chi connectivity index (χ2v) is 10.9. The maximum absolute atomic E-state index is 13.5. The number of benzene rings is 4. The van der Waals surface area contributed by atoms with Gasteiger partial charge in [0, 0.05) is 24.5 Å². The third kappa shape index (κ3) is 6.78. The van der Waals surface area contributed by atoms with Crippen LogP contribution in [0.5, 0.6) is 11.5 Å². The van der Waals surface area contributed by atoms with Gasteiger partial charge < -0.3 is 19.5 Å². The van der Waals surface area contributed by atoms with Crippen molar-refractivity contribution in [2.24, 2.45) is 0 Å². The Labute approximate surface area is 262 Å². The van der Waals surface area contributed by atoms with E-state index >= 15 is 0 Å². The lowest BCUT2D eigenvalue weighted by atomic mass is 9.95. The first-order chi connectivity index (χ1) is 22.0. The molecule has 0 radical (unpaired) electrons. The molecule has 224 valence electrons. The summed E-state index contributed by atoms with van der Waals surface area (Å²) in [7, 11) is 0. The van der Waals surface area contributed by atoms with Crippen LogP contribution in [0.3, 0.4) is 0 Å². The summed E-state index contributed by atoms with van der Waals surface area (Å²) >= 11 is 0. The van der Waals surface area contributed by atoms with Crippen LogP contribution in [0.4, 0.5) is 0 Å². The Balaban J connectivity index is 1.28. The van der Waals surface area contributed by atoms with Gasteiger partial charge in [-0.3, -0.25) is 14.6 Å². The lowest BCUT2D eigenvalue weighted by Crippen LogP contribution is -2.29. The highest BCUT2D eigenvalue weighted by Crippen LogP contribution is 2.41. The van der Waals surface area contributed by atoms with Crippen LogP contribution in [-0.2, 0) is 29.3 Å². The molecule has 0 spiro atoms. The number of hydrogen-bond donors (Lipinski definition) is 1. The Morgan fingerprint density at radius 1 is 0.756 bits per heavy atom. The van der Waals surface area contributed by atoms with Crippen LogP contribution < -0.4 is 9.47 Å². The number of amides is 1. The van der Waals surface area contributed by atoms with Gasteiger partial charge in [0.05, 0.1) is 11.6 Å². The molecule has 1 aliphatic rings. The summed E-state index contributed by atoms with van der Waals surface area (Å²) in [5.74, 6) is -0.416. The van der Waals surface area contributed by atoms with Crippen LogP contribution in [0.15, 0.2) is 133 Å². The summed E-state index contributed by atoms with van der Waals surface area (Å²) in [6, 6.07) is 34.9. The van der Waals surface area contributed by atoms with E-state index in [2.05, 4.69) is 11.1 Å². The molecule has 1 N–H and O–H groups in total. The van der Waals surface area contributed by atoms with Crippen molar-refractivity contribution in [2.75, 3.05) is 0 Å². The first-order valence-electron chi connectivity index (χ1n) is 14.7. The smallest absolute Gasteiger partial charge is 0.295 e. The Morgan fingerprint density at radius 3 is 2.07 bits per heavy atom. The van der Waals surface area contributed by atoms with Crippen molar-refractivity contribution in [1.29, 1.82) is 0 Å². The number of likely N-dealkylation sites (tertiary alicyclic amines) is 1. The minimum absolute atomic E-state index is 0.0234. The van der Waals surface area contributed by atoms with Crippen molar-refractivity contribution in [3.05, 3.63) is 167 Å². The van der Waals surface area contributed by atoms with E-state index in [0.29, 0.717) is 35.8 Å². The topological polar surface area (TPSA) is 89.0 Å². The number of carbonyl (C=O) groups excluding carboxylic acids is 2. The number of pyridine rings is 1. The van der Waals surface area contributed by atoms with E-state index in [-0.39, 0.29) is 17.9 Å². The van der Waals surface area contributed by atoms with E-state index in [1.54, 1.807) is 42.7 Å². The van der Waals surface area contributed by atoms with E-state index in [0.717, 1.165) is 22.3 Å². The Bertz CT molecular complexity index is 1820. The molecule has 6 rings (SSSR count). The van der Waals surface area contributed by atoms with Crippen LogP contribution in [0.25, 0.3) is 5.76 Å². The first-order valence-corrected chi connectivity index (χ1v) is 14.7. The van der Waals surface area contributed by atoms with Crippen molar-refractivity contribution in [3.63, 3.8) is 0 Å². The van der Waals surface area contributed by atoms with Crippen LogP contribution in [0.1, 0.15) is 39.4 Å². The maximum atomic E-state index is 13.5. The zero-order valence-electron chi connectivity index (χ0n) is 24.8. The standard InChI is InChI=1S/C38H32N2O5/c1-26-7-5-10-28(21-26)25-45-33-18-14-31(15-19-33)36(41)34-35(40(38(43)37(34)42)23-29-11-6-20-39-22-29)30-12-16-32(17-13-30)44-24-27-8-3-2-4-9-27/h2-22,35,41H,23-25H2,1H3/t35-/m1/s1. The van der Waals surface area contributed by atoms with E-state index in [4.69, 9.17) is 9.47 Å². The third-order valence-corrected chi connectivity index (χ3v) is 7.68. The average Bonchev–Trinajstić information content (AvgIpc) is 3.32. The van der Waals surface area contributed by atoms with Crippen LogP contribution in [0.2, 0.25) is 0 Å². The van der Waals surface area contributed by atoms with Crippen molar-refractivity contribution in [1.82, 2.24) is 9.88 Å². The maximum Gasteiger partial charge on any atom is 0.295 e. The minimum Gasteiger partial charge on any atom is -0.507 e. The Hall–Kier alpha value is -5.69. The molecule has 0 aliphatic carbocycles. The fourth-order valence-electron chi connectivity index (χ4n) is 5.40. The molecule has 5 aromatic rings. The predicted molar refractivity (Wildman–Crippen MR) is 171 cm³/mol. The molecule has 45 heavy (non-hydrogen) atoms. The quantitative estimate of drug-likeness (QED) is 0.104. The van der Waals surface area contributed by atoms with Gasteiger partial charge in [-0.1, -0.05) is 78.4 Å². The summed E-state index contributed by atoms with van der Waals surface area (Å²) in [4.78, 5) is 32.6. The summed E-state index contributed by atoms with van der Waals surface area (Å²) in [5.41, 5.74) is 5.11. The van der Waals surface area contributed by atoms with Crippen molar-refractivity contribution in [2.45, 2.75) is 32.7 Å². The molecule has 2 heterocycles. The third-order valence-electron chi connectivity index (χ3n) is 7.68. The van der Waals surface area contributed by atoms with Gasteiger partial charge in [0.15, 0.2) is 0 Å². The second-order valence-electron chi connectivity index (χ2n) is 10.9. The van der Waals surface area contributed by atoms with Gasteiger partial charge in [-0.25, -0.2) is 0 Å². The van der Waals surface area contributed by atoms with Gasteiger partial charge in [-0.2, -0.15) is 0 Å². The molecule has 1 aromatic heterocycles. The van der Waals surface area contributed by atoms with E-state index in [9.17, 15) is 14.7 Å². The Morgan fingerprint density at radius 2 is 1.40 bits per heavy atom. The average molecular weight is 597 g/mol. The molecule has 1 aliphatic heterocycles. The fourth-order valence-corrected chi connectivity index (χ4v) is 5.40. The van der Waals surface area contributed by atoms with Crippen molar-refractivity contribution in [3.8, 4) is 11.5 Å². The molecule has 1 fully saturated rings.